The lowest BCUT2D eigenvalue weighted by atomic mass is 10.2. The number of fused-ring (bicyclic) bond motifs is 1. The summed E-state index contributed by atoms with van der Waals surface area (Å²) in [5, 5.41) is 3.69. The zero-order chi connectivity index (χ0) is 16.6. The fraction of sp³-hybridized carbons (Fsp3) is 0.286. The fourth-order valence-electron chi connectivity index (χ4n) is 2.31. The van der Waals surface area contributed by atoms with Crippen LogP contribution in [0.5, 0.6) is 0 Å². The number of hydrogen-bond acceptors (Lipinski definition) is 5. The van der Waals surface area contributed by atoms with Gasteiger partial charge in [-0.05, 0) is 18.2 Å². The number of hydrogen-bond donors (Lipinski definition) is 1. The number of nitrogens with zero attached hydrogens (tertiary/aromatic N) is 2. The van der Waals surface area contributed by atoms with E-state index in [-0.39, 0.29) is 5.91 Å². The molecular weight excluding hydrogens is 358 g/mol. The van der Waals surface area contributed by atoms with E-state index in [9.17, 15) is 13.2 Å². The van der Waals surface area contributed by atoms with Gasteiger partial charge in [0, 0.05) is 35.0 Å². The van der Waals surface area contributed by atoms with E-state index in [4.69, 9.17) is 11.6 Å². The number of halogens is 1. The van der Waals surface area contributed by atoms with Crippen molar-refractivity contribution in [2.45, 2.75) is 13.0 Å². The standard InChI is InChI=1S/C14H14ClN3O3S2/c1-23(20,21)18-6-5-11-12(8-18)22-14(16-11)17-13(19)9-3-2-4-10(15)7-9/h2-4,7H,5-6,8H2,1H3,(H,16,17,19). The van der Waals surface area contributed by atoms with Gasteiger partial charge in [-0.25, -0.2) is 13.4 Å². The molecule has 122 valence electrons. The van der Waals surface area contributed by atoms with Gasteiger partial charge in [-0.1, -0.05) is 17.7 Å². The SMILES string of the molecule is CS(=O)(=O)N1CCc2nc(NC(=O)c3cccc(Cl)c3)sc2C1. The highest BCUT2D eigenvalue weighted by molar-refractivity contribution is 7.88. The molecule has 0 bridgehead atoms. The van der Waals surface area contributed by atoms with Crippen LogP contribution in [0.4, 0.5) is 5.13 Å². The average molecular weight is 372 g/mol. The van der Waals surface area contributed by atoms with E-state index >= 15 is 0 Å². The quantitative estimate of drug-likeness (QED) is 0.898. The molecule has 23 heavy (non-hydrogen) atoms. The highest BCUT2D eigenvalue weighted by atomic mass is 35.5. The van der Waals surface area contributed by atoms with Crippen molar-refractivity contribution in [3.8, 4) is 0 Å². The Balaban J connectivity index is 1.77. The molecule has 1 N–H and O–H groups in total. The van der Waals surface area contributed by atoms with Gasteiger partial charge in [0.25, 0.3) is 5.91 Å². The molecule has 2 aromatic rings. The van der Waals surface area contributed by atoms with Gasteiger partial charge >= 0.3 is 0 Å². The Kier molecular flexibility index (Phi) is 4.41. The largest absolute Gasteiger partial charge is 0.298 e. The van der Waals surface area contributed by atoms with Crippen molar-refractivity contribution in [2.75, 3.05) is 18.1 Å². The Labute approximate surface area is 143 Å². The molecule has 0 spiro atoms. The predicted octanol–water partition coefficient (Wildman–Crippen LogP) is 2.37. The molecule has 1 aliphatic heterocycles. The number of carbonyl (C=O) groups excluding carboxylic acids is 1. The molecule has 2 heterocycles. The minimum Gasteiger partial charge on any atom is -0.298 e. The Morgan fingerprint density at radius 3 is 2.91 bits per heavy atom. The maximum absolute atomic E-state index is 12.2. The number of carbonyl (C=O) groups is 1. The van der Waals surface area contributed by atoms with Crippen molar-refractivity contribution in [3.05, 3.63) is 45.4 Å². The lowest BCUT2D eigenvalue weighted by Crippen LogP contribution is -2.34. The molecule has 0 fully saturated rings. The molecule has 1 aromatic carbocycles. The predicted molar refractivity (Wildman–Crippen MR) is 90.5 cm³/mol. The zero-order valence-electron chi connectivity index (χ0n) is 12.2. The van der Waals surface area contributed by atoms with E-state index in [1.165, 1.54) is 21.9 Å². The molecule has 0 saturated heterocycles. The van der Waals surface area contributed by atoms with Crippen LogP contribution < -0.4 is 5.32 Å². The van der Waals surface area contributed by atoms with E-state index in [0.717, 1.165) is 10.6 Å². The normalized spacial score (nSPS) is 15.2. The highest BCUT2D eigenvalue weighted by Crippen LogP contribution is 2.29. The minimum absolute atomic E-state index is 0.293. The van der Waals surface area contributed by atoms with Gasteiger partial charge < -0.3 is 0 Å². The van der Waals surface area contributed by atoms with Crippen LogP contribution in [0.2, 0.25) is 5.02 Å². The van der Waals surface area contributed by atoms with Crippen LogP contribution >= 0.6 is 22.9 Å². The number of amides is 1. The third-order valence-electron chi connectivity index (χ3n) is 3.47. The first-order valence-corrected chi connectivity index (χ1v) is 9.88. The summed E-state index contributed by atoms with van der Waals surface area (Å²) in [6.45, 7) is 0.718. The molecular formula is C14H14ClN3O3S2. The van der Waals surface area contributed by atoms with Crippen molar-refractivity contribution in [1.29, 1.82) is 0 Å². The summed E-state index contributed by atoms with van der Waals surface area (Å²) in [5.41, 5.74) is 1.29. The van der Waals surface area contributed by atoms with Crippen molar-refractivity contribution in [1.82, 2.24) is 9.29 Å². The number of aromatic nitrogens is 1. The number of nitrogens with one attached hydrogen (secondary N) is 1. The third-order valence-corrected chi connectivity index (χ3v) is 5.96. The van der Waals surface area contributed by atoms with E-state index in [0.29, 0.717) is 35.2 Å². The Bertz CT molecular complexity index is 864. The summed E-state index contributed by atoms with van der Waals surface area (Å²) in [6.07, 6.45) is 1.74. The Hall–Kier alpha value is -1.48. The van der Waals surface area contributed by atoms with E-state index in [2.05, 4.69) is 10.3 Å². The smallest absolute Gasteiger partial charge is 0.257 e. The molecule has 0 atom stereocenters. The topological polar surface area (TPSA) is 79.4 Å². The van der Waals surface area contributed by atoms with Crippen molar-refractivity contribution in [2.24, 2.45) is 0 Å². The summed E-state index contributed by atoms with van der Waals surface area (Å²) in [5.74, 6) is -0.293. The molecule has 9 heteroatoms. The van der Waals surface area contributed by atoms with E-state index < -0.39 is 10.0 Å². The maximum atomic E-state index is 12.2. The molecule has 0 aliphatic carbocycles. The van der Waals surface area contributed by atoms with Crippen molar-refractivity contribution in [3.63, 3.8) is 0 Å². The van der Waals surface area contributed by atoms with Crippen LogP contribution in [0.25, 0.3) is 0 Å². The van der Waals surface area contributed by atoms with Gasteiger partial charge in [-0.15, -0.1) is 11.3 Å². The van der Waals surface area contributed by atoms with Crippen LogP contribution in [0.1, 0.15) is 20.9 Å². The third kappa shape index (κ3) is 3.72. The monoisotopic (exact) mass is 371 g/mol. The number of benzene rings is 1. The van der Waals surface area contributed by atoms with Gasteiger partial charge in [-0.3, -0.25) is 10.1 Å². The second kappa shape index (κ2) is 6.20. The first kappa shape index (κ1) is 16.4. The fourth-order valence-corrected chi connectivity index (χ4v) is 4.38. The Morgan fingerprint density at radius 1 is 1.43 bits per heavy atom. The Morgan fingerprint density at radius 2 is 2.22 bits per heavy atom. The second-order valence-corrected chi connectivity index (χ2v) is 8.70. The lowest BCUT2D eigenvalue weighted by molar-refractivity contribution is 0.102. The summed E-state index contributed by atoms with van der Waals surface area (Å²) in [4.78, 5) is 17.4. The molecule has 1 amide bonds. The maximum Gasteiger partial charge on any atom is 0.257 e. The van der Waals surface area contributed by atoms with E-state index in [1.807, 2.05) is 0 Å². The number of sulfonamides is 1. The molecule has 1 aliphatic rings. The summed E-state index contributed by atoms with van der Waals surface area (Å²) in [6, 6.07) is 6.64. The number of anilines is 1. The van der Waals surface area contributed by atoms with Crippen LogP contribution in [-0.4, -0.2) is 36.4 Å². The van der Waals surface area contributed by atoms with Gasteiger partial charge in [-0.2, -0.15) is 4.31 Å². The summed E-state index contributed by atoms with van der Waals surface area (Å²) in [7, 11) is -3.22. The molecule has 3 rings (SSSR count). The van der Waals surface area contributed by atoms with Gasteiger partial charge in [0.05, 0.1) is 11.9 Å². The van der Waals surface area contributed by atoms with Crippen molar-refractivity contribution < 1.29 is 13.2 Å². The summed E-state index contributed by atoms with van der Waals surface area (Å²) >= 11 is 7.18. The number of rotatable bonds is 3. The van der Waals surface area contributed by atoms with Crippen LogP contribution in [0.15, 0.2) is 24.3 Å². The van der Waals surface area contributed by atoms with Crippen molar-refractivity contribution >= 4 is 44.0 Å². The molecule has 6 nitrogen and oxygen atoms in total. The number of thiazole rings is 1. The first-order chi connectivity index (χ1) is 10.8. The molecule has 1 aromatic heterocycles. The van der Waals surface area contributed by atoms with Crippen LogP contribution in [0, 0.1) is 0 Å². The molecule has 0 saturated carbocycles. The lowest BCUT2D eigenvalue weighted by Gasteiger charge is -2.23. The average Bonchev–Trinajstić information content (AvgIpc) is 2.87. The van der Waals surface area contributed by atoms with Crippen LogP contribution in [0.3, 0.4) is 0 Å². The van der Waals surface area contributed by atoms with Gasteiger partial charge in [0.15, 0.2) is 5.13 Å². The highest BCUT2D eigenvalue weighted by Gasteiger charge is 2.26. The summed E-state index contributed by atoms with van der Waals surface area (Å²) < 4.78 is 24.7. The van der Waals surface area contributed by atoms with Gasteiger partial charge in [0.1, 0.15) is 0 Å². The minimum atomic E-state index is -3.22. The zero-order valence-corrected chi connectivity index (χ0v) is 14.6. The first-order valence-electron chi connectivity index (χ1n) is 6.83. The van der Waals surface area contributed by atoms with Gasteiger partial charge in [0.2, 0.25) is 10.0 Å². The van der Waals surface area contributed by atoms with E-state index in [1.54, 1.807) is 24.3 Å². The molecule has 0 unspecified atom stereocenters. The second-order valence-electron chi connectivity index (χ2n) is 5.20. The van der Waals surface area contributed by atoms with Crippen LogP contribution in [-0.2, 0) is 23.0 Å². The molecule has 0 radical (unpaired) electrons.